The predicted octanol–water partition coefficient (Wildman–Crippen LogP) is 1.92. The van der Waals surface area contributed by atoms with Gasteiger partial charge in [-0.3, -0.25) is 4.79 Å². The summed E-state index contributed by atoms with van der Waals surface area (Å²) in [5.41, 5.74) is 1.47. The number of fused-ring (bicyclic) bond motifs is 1. The number of hydrogen-bond donors (Lipinski definition) is 1. The third-order valence-electron chi connectivity index (χ3n) is 5.34. The molecule has 31 heavy (non-hydrogen) atoms. The minimum absolute atomic E-state index is 0.0957. The first kappa shape index (κ1) is 21.5. The Morgan fingerprint density at radius 1 is 1.23 bits per heavy atom. The minimum atomic E-state index is -3.59. The van der Waals surface area contributed by atoms with Gasteiger partial charge in [0.05, 0.1) is 42.0 Å². The summed E-state index contributed by atoms with van der Waals surface area (Å²) >= 11 is 0. The van der Waals surface area contributed by atoms with Crippen molar-refractivity contribution in [3.8, 4) is 0 Å². The van der Waals surface area contributed by atoms with Gasteiger partial charge in [-0.05, 0) is 37.3 Å². The number of nitrogens with one attached hydrogen (secondary N) is 1. The molecule has 0 bridgehead atoms. The summed E-state index contributed by atoms with van der Waals surface area (Å²) in [6.07, 6.45) is 2.31. The van der Waals surface area contributed by atoms with Crippen molar-refractivity contribution in [2.75, 3.05) is 26.3 Å². The second kappa shape index (κ2) is 9.21. The van der Waals surface area contributed by atoms with Crippen molar-refractivity contribution in [2.45, 2.75) is 37.8 Å². The van der Waals surface area contributed by atoms with Crippen LogP contribution in [-0.2, 0) is 39.1 Å². The molecule has 0 atom stereocenters. The van der Waals surface area contributed by atoms with E-state index in [4.69, 9.17) is 9.15 Å². The van der Waals surface area contributed by atoms with E-state index in [0.29, 0.717) is 57.1 Å². The molecule has 166 valence electrons. The van der Waals surface area contributed by atoms with E-state index in [1.54, 1.807) is 36.6 Å². The summed E-state index contributed by atoms with van der Waals surface area (Å²) in [4.78, 5) is 17.1. The van der Waals surface area contributed by atoms with Gasteiger partial charge in [0.15, 0.2) is 0 Å². The van der Waals surface area contributed by atoms with Gasteiger partial charge in [0.1, 0.15) is 11.6 Å². The van der Waals surface area contributed by atoms with Crippen LogP contribution in [0.15, 0.2) is 45.9 Å². The van der Waals surface area contributed by atoms with Crippen LogP contribution in [-0.4, -0.2) is 54.5 Å². The number of hydrogen-bond acceptors (Lipinski definition) is 6. The number of imidazole rings is 1. The minimum Gasteiger partial charge on any atom is -0.467 e. The molecule has 1 N–H and O–H groups in total. The first-order valence-electron chi connectivity index (χ1n) is 10.3. The van der Waals surface area contributed by atoms with Crippen LogP contribution in [0.2, 0.25) is 0 Å². The fourth-order valence-corrected chi connectivity index (χ4v) is 5.14. The fourth-order valence-electron chi connectivity index (χ4n) is 3.71. The molecule has 0 spiro atoms. The van der Waals surface area contributed by atoms with Crippen LogP contribution < -0.4 is 5.32 Å². The van der Waals surface area contributed by atoms with E-state index in [1.807, 2.05) is 11.5 Å². The van der Waals surface area contributed by atoms with Gasteiger partial charge in [-0.25, -0.2) is 13.4 Å². The molecule has 3 aromatic rings. The SMILES string of the molecule is CCn1c(CCC(=O)NCc2ccco2)nc2cc(S(=O)(=O)N3CCOCC3)ccc21. The highest BCUT2D eigenvalue weighted by atomic mass is 32.2. The normalized spacial score (nSPS) is 15.4. The Bertz CT molecular complexity index is 1150. The standard InChI is InChI=1S/C21H26N4O5S/c1-2-25-19-6-5-17(31(27,28)24-9-12-29-13-10-24)14-18(19)23-20(25)7-8-21(26)22-15-16-4-3-11-30-16/h3-6,11,14H,2,7-10,12-13,15H2,1H3,(H,22,26). The average Bonchev–Trinajstić information content (AvgIpc) is 3.43. The molecule has 1 aromatic carbocycles. The smallest absolute Gasteiger partial charge is 0.243 e. The van der Waals surface area contributed by atoms with E-state index in [2.05, 4.69) is 10.3 Å². The monoisotopic (exact) mass is 446 g/mol. The van der Waals surface area contributed by atoms with Crippen LogP contribution in [0.5, 0.6) is 0 Å². The molecule has 0 radical (unpaired) electrons. The fraction of sp³-hybridized carbons (Fsp3) is 0.429. The quantitative estimate of drug-likeness (QED) is 0.567. The summed E-state index contributed by atoms with van der Waals surface area (Å²) in [7, 11) is -3.59. The van der Waals surface area contributed by atoms with Crippen LogP contribution in [0, 0.1) is 0 Å². The van der Waals surface area contributed by atoms with E-state index < -0.39 is 10.0 Å². The zero-order chi connectivity index (χ0) is 21.8. The lowest BCUT2D eigenvalue weighted by Crippen LogP contribution is -2.40. The molecule has 1 amide bonds. The topological polar surface area (TPSA) is 107 Å². The molecule has 1 saturated heterocycles. The van der Waals surface area contributed by atoms with Crippen molar-refractivity contribution < 1.29 is 22.4 Å². The number of nitrogens with zero attached hydrogens (tertiary/aromatic N) is 3. The molecule has 1 aliphatic heterocycles. The molecule has 3 heterocycles. The molecule has 4 rings (SSSR count). The molecule has 1 fully saturated rings. The van der Waals surface area contributed by atoms with E-state index in [9.17, 15) is 13.2 Å². The summed E-state index contributed by atoms with van der Waals surface area (Å²) in [5, 5.41) is 2.83. The highest BCUT2D eigenvalue weighted by Gasteiger charge is 2.27. The van der Waals surface area contributed by atoms with Crippen molar-refractivity contribution in [1.82, 2.24) is 19.2 Å². The largest absolute Gasteiger partial charge is 0.467 e. The lowest BCUT2D eigenvalue weighted by atomic mass is 10.2. The number of aryl methyl sites for hydroxylation is 2. The molecule has 0 aliphatic carbocycles. The summed E-state index contributed by atoms with van der Waals surface area (Å²) in [6, 6.07) is 8.62. The lowest BCUT2D eigenvalue weighted by Gasteiger charge is -2.26. The maximum absolute atomic E-state index is 13.0. The number of carbonyl (C=O) groups excluding carboxylic acids is 1. The van der Waals surface area contributed by atoms with Gasteiger partial charge in [-0.15, -0.1) is 0 Å². The zero-order valence-electron chi connectivity index (χ0n) is 17.4. The Morgan fingerprint density at radius 2 is 2.03 bits per heavy atom. The lowest BCUT2D eigenvalue weighted by molar-refractivity contribution is -0.121. The van der Waals surface area contributed by atoms with Gasteiger partial charge in [-0.1, -0.05) is 0 Å². The van der Waals surface area contributed by atoms with E-state index >= 15 is 0 Å². The summed E-state index contributed by atoms with van der Waals surface area (Å²) in [6.45, 7) is 4.52. The highest BCUT2D eigenvalue weighted by Crippen LogP contribution is 2.24. The molecular weight excluding hydrogens is 420 g/mol. The van der Waals surface area contributed by atoms with Crippen molar-refractivity contribution in [3.63, 3.8) is 0 Å². The molecular formula is C21H26N4O5S. The maximum atomic E-state index is 13.0. The maximum Gasteiger partial charge on any atom is 0.243 e. The first-order valence-corrected chi connectivity index (χ1v) is 11.8. The zero-order valence-corrected chi connectivity index (χ0v) is 18.2. The Morgan fingerprint density at radius 3 is 2.74 bits per heavy atom. The van der Waals surface area contributed by atoms with Crippen LogP contribution in [0.25, 0.3) is 11.0 Å². The Balaban J connectivity index is 1.49. The molecule has 10 heteroatoms. The van der Waals surface area contributed by atoms with Gasteiger partial charge >= 0.3 is 0 Å². The molecule has 1 aliphatic rings. The Hall–Kier alpha value is -2.69. The van der Waals surface area contributed by atoms with Crippen LogP contribution in [0.4, 0.5) is 0 Å². The van der Waals surface area contributed by atoms with Gasteiger partial charge in [0, 0.05) is 32.5 Å². The molecule has 0 unspecified atom stereocenters. The van der Waals surface area contributed by atoms with Crippen molar-refractivity contribution in [3.05, 3.63) is 48.2 Å². The van der Waals surface area contributed by atoms with Gasteiger partial charge in [0.25, 0.3) is 0 Å². The van der Waals surface area contributed by atoms with Crippen molar-refractivity contribution >= 4 is 27.0 Å². The number of rotatable bonds is 8. The van der Waals surface area contributed by atoms with Crippen LogP contribution >= 0.6 is 0 Å². The molecule has 9 nitrogen and oxygen atoms in total. The number of amides is 1. The Kier molecular flexibility index (Phi) is 6.40. The van der Waals surface area contributed by atoms with E-state index in [-0.39, 0.29) is 17.2 Å². The number of aromatic nitrogens is 2. The summed E-state index contributed by atoms with van der Waals surface area (Å²) < 4.78 is 39.8. The number of sulfonamides is 1. The number of carbonyl (C=O) groups is 1. The number of furan rings is 1. The summed E-state index contributed by atoms with van der Waals surface area (Å²) in [5.74, 6) is 1.36. The van der Waals surface area contributed by atoms with E-state index in [0.717, 1.165) is 11.3 Å². The number of benzene rings is 1. The predicted molar refractivity (Wildman–Crippen MR) is 114 cm³/mol. The second-order valence-electron chi connectivity index (χ2n) is 7.30. The number of ether oxygens (including phenoxy) is 1. The Labute approximate surface area is 181 Å². The first-order chi connectivity index (χ1) is 15.0. The van der Waals surface area contributed by atoms with Crippen molar-refractivity contribution in [1.29, 1.82) is 0 Å². The van der Waals surface area contributed by atoms with Gasteiger partial charge in [0.2, 0.25) is 15.9 Å². The second-order valence-corrected chi connectivity index (χ2v) is 9.23. The van der Waals surface area contributed by atoms with Gasteiger partial charge in [-0.2, -0.15) is 4.31 Å². The third kappa shape index (κ3) is 4.65. The van der Waals surface area contributed by atoms with E-state index in [1.165, 1.54) is 4.31 Å². The number of morpholine rings is 1. The molecule has 2 aromatic heterocycles. The highest BCUT2D eigenvalue weighted by molar-refractivity contribution is 7.89. The molecule has 0 saturated carbocycles. The average molecular weight is 447 g/mol. The third-order valence-corrected chi connectivity index (χ3v) is 7.23. The van der Waals surface area contributed by atoms with Crippen LogP contribution in [0.1, 0.15) is 24.9 Å². The van der Waals surface area contributed by atoms with Crippen molar-refractivity contribution in [2.24, 2.45) is 0 Å². The van der Waals surface area contributed by atoms with Gasteiger partial charge < -0.3 is 19.0 Å². The van der Waals surface area contributed by atoms with Crippen LogP contribution in [0.3, 0.4) is 0 Å².